The second-order valence-electron chi connectivity index (χ2n) is 5.22. The van der Waals surface area contributed by atoms with Crippen LogP contribution in [-0.2, 0) is 0 Å². The molecule has 1 unspecified atom stereocenters. The number of hydrogen-bond acceptors (Lipinski definition) is 2. The zero-order chi connectivity index (χ0) is 15.4. The summed E-state index contributed by atoms with van der Waals surface area (Å²) in [4.78, 5) is 0. The van der Waals surface area contributed by atoms with Crippen molar-refractivity contribution in [3.05, 3.63) is 63.1 Å². The van der Waals surface area contributed by atoms with Crippen LogP contribution in [0, 0.1) is 13.8 Å². The molecule has 0 fully saturated rings. The predicted octanol–water partition coefficient (Wildman–Crippen LogP) is 4.77. The van der Waals surface area contributed by atoms with E-state index in [0.717, 1.165) is 16.8 Å². The highest BCUT2D eigenvalue weighted by Gasteiger charge is 2.17. The van der Waals surface area contributed by atoms with Gasteiger partial charge in [0.15, 0.2) is 0 Å². The highest BCUT2D eigenvalue weighted by Crippen LogP contribution is 2.32. The highest BCUT2D eigenvalue weighted by atomic mass is 79.9. The Hall–Kier alpha value is -1.32. The first-order valence-electron chi connectivity index (χ1n) is 7.20. The molecule has 0 aromatic heterocycles. The average Bonchev–Trinajstić information content (AvgIpc) is 2.49. The molecule has 112 valence electrons. The van der Waals surface area contributed by atoms with E-state index in [1.165, 1.54) is 22.3 Å². The lowest BCUT2D eigenvalue weighted by atomic mass is 9.95. The van der Waals surface area contributed by atoms with E-state index in [4.69, 9.17) is 4.74 Å². The van der Waals surface area contributed by atoms with E-state index in [9.17, 15) is 0 Å². The third kappa shape index (κ3) is 3.66. The highest BCUT2D eigenvalue weighted by molar-refractivity contribution is 9.10. The Labute approximate surface area is 135 Å². The molecule has 0 bridgehead atoms. The molecule has 0 aliphatic carbocycles. The molecule has 2 nitrogen and oxygen atoms in total. The van der Waals surface area contributed by atoms with E-state index < -0.39 is 0 Å². The van der Waals surface area contributed by atoms with Crippen molar-refractivity contribution < 1.29 is 4.74 Å². The smallest absolute Gasteiger partial charge is 0.119 e. The van der Waals surface area contributed by atoms with Crippen LogP contribution in [0.1, 0.15) is 35.2 Å². The maximum absolute atomic E-state index is 5.37. The van der Waals surface area contributed by atoms with Crippen molar-refractivity contribution in [1.29, 1.82) is 0 Å². The number of nitrogens with one attached hydrogen (secondary N) is 1. The van der Waals surface area contributed by atoms with Gasteiger partial charge in [-0.3, -0.25) is 0 Å². The van der Waals surface area contributed by atoms with Gasteiger partial charge in [0, 0.05) is 4.47 Å². The second-order valence-corrected chi connectivity index (χ2v) is 6.08. The van der Waals surface area contributed by atoms with Crippen molar-refractivity contribution >= 4 is 15.9 Å². The molecule has 0 aliphatic heterocycles. The fraction of sp³-hybridized carbons (Fsp3) is 0.333. The molecule has 0 amide bonds. The lowest BCUT2D eigenvalue weighted by Crippen LogP contribution is -2.22. The summed E-state index contributed by atoms with van der Waals surface area (Å²) in [5.41, 5.74) is 5.10. The quantitative estimate of drug-likeness (QED) is 0.840. The van der Waals surface area contributed by atoms with Gasteiger partial charge in [-0.1, -0.05) is 41.1 Å². The Morgan fingerprint density at radius 2 is 1.86 bits per heavy atom. The monoisotopic (exact) mass is 347 g/mol. The molecular formula is C18H22BrNO. The Morgan fingerprint density at radius 3 is 2.48 bits per heavy atom. The van der Waals surface area contributed by atoms with Crippen molar-refractivity contribution in [3.63, 3.8) is 0 Å². The van der Waals surface area contributed by atoms with Gasteiger partial charge in [-0.15, -0.1) is 0 Å². The Kier molecular flexibility index (Phi) is 5.43. The number of methoxy groups -OCH3 is 1. The summed E-state index contributed by atoms with van der Waals surface area (Å²) < 4.78 is 6.46. The summed E-state index contributed by atoms with van der Waals surface area (Å²) in [7, 11) is 1.70. The van der Waals surface area contributed by atoms with E-state index in [2.05, 4.69) is 66.3 Å². The average molecular weight is 348 g/mol. The van der Waals surface area contributed by atoms with Gasteiger partial charge >= 0.3 is 0 Å². The summed E-state index contributed by atoms with van der Waals surface area (Å²) in [6.45, 7) is 7.33. The zero-order valence-electron chi connectivity index (χ0n) is 13.0. The molecule has 0 saturated heterocycles. The molecule has 1 atom stereocenters. The molecule has 2 rings (SSSR count). The van der Waals surface area contributed by atoms with Crippen molar-refractivity contribution in [3.8, 4) is 5.75 Å². The second kappa shape index (κ2) is 7.10. The van der Waals surface area contributed by atoms with E-state index in [0.29, 0.717) is 0 Å². The lowest BCUT2D eigenvalue weighted by molar-refractivity contribution is 0.413. The van der Waals surface area contributed by atoms with E-state index >= 15 is 0 Å². The predicted molar refractivity (Wildman–Crippen MR) is 92.1 cm³/mol. The molecule has 1 N–H and O–H groups in total. The van der Waals surface area contributed by atoms with Crippen LogP contribution in [0.3, 0.4) is 0 Å². The first-order valence-corrected chi connectivity index (χ1v) is 8.00. The number of rotatable bonds is 5. The minimum atomic E-state index is 0.152. The van der Waals surface area contributed by atoms with E-state index in [1.807, 2.05) is 12.1 Å². The Morgan fingerprint density at radius 1 is 1.10 bits per heavy atom. The van der Waals surface area contributed by atoms with Gasteiger partial charge in [0.05, 0.1) is 13.2 Å². The summed E-state index contributed by atoms with van der Waals surface area (Å²) in [5, 5.41) is 3.57. The van der Waals surface area contributed by atoms with Gasteiger partial charge in [-0.25, -0.2) is 0 Å². The van der Waals surface area contributed by atoms with Crippen LogP contribution in [0.4, 0.5) is 0 Å². The number of hydrogen-bond donors (Lipinski definition) is 1. The maximum atomic E-state index is 5.37. The third-order valence-corrected chi connectivity index (χ3v) is 4.51. The van der Waals surface area contributed by atoms with Crippen molar-refractivity contribution in [1.82, 2.24) is 5.32 Å². The van der Waals surface area contributed by atoms with Crippen LogP contribution in [0.25, 0.3) is 0 Å². The molecule has 3 heteroatoms. The fourth-order valence-corrected chi connectivity index (χ4v) is 2.90. The van der Waals surface area contributed by atoms with Gasteiger partial charge in [-0.2, -0.15) is 0 Å². The topological polar surface area (TPSA) is 21.3 Å². The molecule has 0 spiro atoms. The largest absolute Gasteiger partial charge is 0.497 e. The van der Waals surface area contributed by atoms with Gasteiger partial charge in [0.2, 0.25) is 0 Å². The third-order valence-electron chi connectivity index (χ3n) is 3.79. The molecule has 0 radical (unpaired) electrons. The van der Waals surface area contributed by atoms with Crippen LogP contribution in [0.15, 0.2) is 40.9 Å². The zero-order valence-corrected chi connectivity index (χ0v) is 14.6. The lowest BCUT2D eigenvalue weighted by Gasteiger charge is -2.22. The maximum Gasteiger partial charge on any atom is 0.119 e. The summed E-state index contributed by atoms with van der Waals surface area (Å²) in [6, 6.07) is 12.9. The first-order chi connectivity index (χ1) is 10.1. The first kappa shape index (κ1) is 16.1. The fourth-order valence-electron chi connectivity index (χ4n) is 2.43. The van der Waals surface area contributed by atoms with Crippen LogP contribution in [-0.4, -0.2) is 13.7 Å². The molecule has 21 heavy (non-hydrogen) atoms. The molecule has 0 heterocycles. The van der Waals surface area contributed by atoms with E-state index in [1.54, 1.807) is 7.11 Å². The van der Waals surface area contributed by atoms with E-state index in [-0.39, 0.29) is 6.04 Å². The molecule has 0 aliphatic rings. The van der Waals surface area contributed by atoms with Crippen LogP contribution in [0.2, 0.25) is 0 Å². The number of benzene rings is 2. The Bertz CT molecular complexity index is 625. The Balaban J connectivity index is 2.49. The van der Waals surface area contributed by atoms with Crippen molar-refractivity contribution in [2.45, 2.75) is 26.8 Å². The van der Waals surface area contributed by atoms with Crippen LogP contribution < -0.4 is 10.1 Å². The SMILES string of the molecule is CCNC(c1ccc(C)c(C)c1)c1cc(OC)ccc1Br. The normalized spacial score (nSPS) is 12.2. The van der Waals surface area contributed by atoms with Gasteiger partial charge in [0.1, 0.15) is 5.75 Å². The summed E-state index contributed by atoms with van der Waals surface area (Å²) >= 11 is 3.66. The molecule has 2 aromatic rings. The van der Waals surface area contributed by atoms with Gasteiger partial charge in [0.25, 0.3) is 0 Å². The van der Waals surface area contributed by atoms with Crippen molar-refractivity contribution in [2.75, 3.05) is 13.7 Å². The van der Waals surface area contributed by atoms with Gasteiger partial charge in [-0.05, 0) is 60.8 Å². The van der Waals surface area contributed by atoms with Crippen LogP contribution >= 0.6 is 15.9 Å². The minimum absolute atomic E-state index is 0.152. The van der Waals surface area contributed by atoms with Crippen molar-refractivity contribution in [2.24, 2.45) is 0 Å². The molecule has 0 saturated carbocycles. The standard InChI is InChI=1S/C18H22BrNO/c1-5-20-18(14-7-6-12(2)13(3)10-14)16-11-15(21-4)8-9-17(16)19/h6-11,18,20H,5H2,1-4H3. The molecular weight excluding hydrogens is 326 g/mol. The minimum Gasteiger partial charge on any atom is -0.497 e. The van der Waals surface area contributed by atoms with Gasteiger partial charge < -0.3 is 10.1 Å². The number of ether oxygens (including phenoxy) is 1. The van der Waals surface area contributed by atoms with Crippen LogP contribution in [0.5, 0.6) is 5.75 Å². The molecule has 2 aromatic carbocycles. The number of aryl methyl sites for hydroxylation is 2. The summed E-state index contributed by atoms with van der Waals surface area (Å²) in [6.07, 6.45) is 0. The number of halogens is 1. The summed E-state index contributed by atoms with van der Waals surface area (Å²) in [5.74, 6) is 0.875.